The number of hydrogen-bond donors (Lipinski definition) is 0. The van der Waals surface area contributed by atoms with Crippen LogP contribution in [0, 0.1) is 0 Å². The minimum atomic E-state index is -0.615. The molecule has 102 heavy (non-hydrogen) atoms. The van der Waals surface area contributed by atoms with Crippen molar-refractivity contribution >= 4 is 60.2 Å². The summed E-state index contributed by atoms with van der Waals surface area (Å²) in [5.74, 6) is 0. The number of rotatable bonds is 10. The monoisotopic (exact) mass is 1310 g/mol. The van der Waals surface area contributed by atoms with Crippen molar-refractivity contribution in [3.05, 3.63) is 367 Å². The van der Waals surface area contributed by atoms with Crippen LogP contribution < -0.4 is 4.90 Å². The van der Waals surface area contributed by atoms with Crippen molar-refractivity contribution in [2.24, 2.45) is 0 Å². The first-order valence-electron chi connectivity index (χ1n) is 36.3. The van der Waals surface area contributed by atoms with Crippen LogP contribution in [0.1, 0.15) is 101 Å². The first kappa shape index (κ1) is 62.6. The zero-order valence-electron chi connectivity index (χ0n) is 59.6. The molecule has 0 heterocycles. The molecule has 1 nitrogen and oxygen atoms in total. The predicted octanol–water partition coefficient (Wildman–Crippen LogP) is 28.0. The number of anilines is 3. The zero-order chi connectivity index (χ0) is 69.4. The summed E-state index contributed by atoms with van der Waals surface area (Å²) in [6, 6.07) is 125. The SMILES string of the molecule is CC(C)(C)c1ccc(N(c2ccc(C(C)(C)C)cc2)c2cc3c(c4ccccc24)-c2cc4c(cc2C3(C)C)-c2ccccc2C4(C)c2cc(-c3cc(-c4ccccc4)cc(-c4ccccc4)c3)cc(-c3ccc(-c4cccc5ccccc45)c4c(-c5cccc6ccccc56)cccc34)c2)cc1. The van der Waals surface area contributed by atoms with E-state index in [0.29, 0.717) is 0 Å². The molecule has 1 heteroatoms. The summed E-state index contributed by atoms with van der Waals surface area (Å²) in [7, 11) is 0. The molecule has 0 spiro atoms. The molecular weight excluding hydrogens is 1230 g/mol. The van der Waals surface area contributed by atoms with Gasteiger partial charge in [0.2, 0.25) is 0 Å². The highest BCUT2D eigenvalue weighted by Crippen LogP contribution is 2.61. The second-order valence-corrected chi connectivity index (χ2v) is 31.3. The van der Waals surface area contributed by atoms with Gasteiger partial charge in [0.25, 0.3) is 0 Å². The molecule has 2 aliphatic carbocycles. The standard InChI is InChI=1S/C101H81N/c1-98(2,3)73-45-49-76(50-46-73)102(77-51-47-74(48-52-77)99(4,5)6)95-63-94-97(87-39-21-20-38-84(87)95)90-62-93-89(61-92(90)100(94,7)8)83-37-22-23-44-91(83)101(93,9)75-59-71(70-56-68(64-27-12-10-13-28-64)55-69(57-70)65-29-14-11-15-30-65)58-72(60-75)80-53-54-88(82-41-25-34-67-32-17-19-36-79(67)82)96-85(80)42-26-43-86(96)81-40-24-33-66-31-16-18-35-78(66)81/h10-63H,1-9H3. The first-order valence-corrected chi connectivity index (χ1v) is 36.3. The van der Waals surface area contributed by atoms with Crippen LogP contribution in [0.5, 0.6) is 0 Å². The third kappa shape index (κ3) is 10.2. The van der Waals surface area contributed by atoms with Crippen LogP contribution in [-0.4, -0.2) is 0 Å². The lowest BCUT2D eigenvalue weighted by molar-refractivity contribution is 0.590. The first-order chi connectivity index (χ1) is 49.5. The molecule has 1 unspecified atom stereocenters. The van der Waals surface area contributed by atoms with Gasteiger partial charge in [0.05, 0.1) is 5.69 Å². The fourth-order valence-electron chi connectivity index (χ4n) is 17.3. The van der Waals surface area contributed by atoms with Crippen LogP contribution in [0.4, 0.5) is 17.1 Å². The van der Waals surface area contributed by atoms with Crippen LogP contribution in [0.15, 0.2) is 328 Å². The minimum Gasteiger partial charge on any atom is -0.310 e. The smallest absolute Gasteiger partial charge is 0.0543 e. The molecule has 0 aliphatic heterocycles. The van der Waals surface area contributed by atoms with Crippen LogP contribution in [0.2, 0.25) is 0 Å². The van der Waals surface area contributed by atoms with Gasteiger partial charge in [-0.15, -0.1) is 0 Å². The molecular formula is C101H81N. The maximum Gasteiger partial charge on any atom is 0.0543 e. The summed E-state index contributed by atoms with van der Waals surface area (Å²) < 4.78 is 0. The average Bonchev–Trinajstić information content (AvgIpc) is 1.51. The molecule has 0 amide bonds. The Morgan fingerprint density at radius 1 is 0.255 bits per heavy atom. The lowest BCUT2D eigenvalue weighted by atomic mass is 9.72. The number of hydrogen-bond acceptors (Lipinski definition) is 1. The van der Waals surface area contributed by atoms with Gasteiger partial charge in [0, 0.05) is 27.6 Å². The van der Waals surface area contributed by atoms with Gasteiger partial charge in [-0.3, -0.25) is 0 Å². The topological polar surface area (TPSA) is 3.24 Å². The van der Waals surface area contributed by atoms with Crippen LogP contribution in [-0.2, 0) is 21.7 Å². The molecule has 0 saturated heterocycles. The molecule has 0 aromatic heterocycles. The van der Waals surface area contributed by atoms with Gasteiger partial charge in [0.1, 0.15) is 0 Å². The Bertz CT molecular complexity index is 5820. The van der Waals surface area contributed by atoms with Crippen molar-refractivity contribution in [2.45, 2.75) is 84.0 Å². The fourth-order valence-corrected chi connectivity index (χ4v) is 17.3. The van der Waals surface area contributed by atoms with Crippen molar-refractivity contribution in [1.82, 2.24) is 0 Å². The molecule has 16 aromatic carbocycles. The van der Waals surface area contributed by atoms with Crippen LogP contribution >= 0.6 is 0 Å². The van der Waals surface area contributed by atoms with E-state index >= 15 is 0 Å². The van der Waals surface area contributed by atoms with Crippen molar-refractivity contribution < 1.29 is 0 Å². The van der Waals surface area contributed by atoms with E-state index in [1.54, 1.807) is 0 Å². The normalized spacial score (nSPS) is 14.4. The van der Waals surface area contributed by atoms with Crippen molar-refractivity contribution in [1.29, 1.82) is 0 Å². The van der Waals surface area contributed by atoms with E-state index in [9.17, 15) is 0 Å². The minimum absolute atomic E-state index is 0.0146. The van der Waals surface area contributed by atoms with Crippen molar-refractivity contribution in [2.75, 3.05) is 4.90 Å². The molecule has 0 fully saturated rings. The van der Waals surface area contributed by atoms with Gasteiger partial charge in [-0.2, -0.15) is 0 Å². The van der Waals surface area contributed by atoms with Crippen LogP contribution in [0.3, 0.4) is 0 Å². The molecule has 0 bridgehead atoms. The number of nitrogens with zero attached hydrogens (tertiary/aromatic N) is 1. The molecule has 490 valence electrons. The number of fused-ring (bicyclic) bond motifs is 11. The third-order valence-corrected chi connectivity index (χ3v) is 22.8. The Morgan fingerprint density at radius 2 is 0.676 bits per heavy atom. The highest BCUT2D eigenvalue weighted by atomic mass is 15.1. The Morgan fingerprint density at radius 3 is 1.26 bits per heavy atom. The highest BCUT2D eigenvalue weighted by molar-refractivity contribution is 6.18. The molecule has 2 aliphatic rings. The van der Waals surface area contributed by atoms with E-state index < -0.39 is 5.41 Å². The molecule has 16 aromatic rings. The molecule has 1 atom stereocenters. The Balaban J connectivity index is 0.891. The lowest BCUT2D eigenvalue weighted by Gasteiger charge is -2.31. The summed E-state index contributed by atoms with van der Waals surface area (Å²) in [6.45, 7) is 21.3. The Labute approximate surface area is 600 Å². The van der Waals surface area contributed by atoms with E-state index in [0.717, 1.165) is 22.5 Å². The second kappa shape index (κ2) is 23.8. The molecule has 0 saturated carbocycles. The fraction of sp³-hybridized carbons (Fsp3) is 0.129. The Kier molecular flexibility index (Phi) is 14.6. The van der Waals surface area contributed by atoms with E-state index in [1.165, 1.54) is 166 Å². The quantitative estimate of drug-likeness (QED) is 0.132. The van der Waals surface area contributed by atoms with E-state index in [2.05, 4.69) is 395 Å². The van der Waals surface area contributed by atoms with Crippen LogP contribution in [0.25, 0.3) is 132 Å². The van der Waals surface area contributed by atoms with E-state index in [1.807, 2.05) is 0 Å². The average molecular weight is 1310 g/mol. The summed E-state index contributed by atoms with van der Waals surface area (Å²) in [4.78, 5) is 2.52. The van der Waals surface area contributed by atoms with E-state index in [-0.39, 0.29) is 16.2 Å². The van der Waals surface area contributed by atoms with Gasteiger partial charge >= 0.3 is 0 Å². The maximum atomic E-state index is 2.64. The van der Waals surface area contributed by atoms with Gasteiger partial charge in [-0.1, -0.05) is 304 Å². The summed E-state index contributed by atoms with van der Waals surface area (Å²) >= 11 is 0. The third-order valence-electron chi connectivity index (χ3n) is 22.8. The maximum absolute atomic E-state index is 2.64. The predicted molar refractivity (Wildman–Crippen MR) is 436 cm³/mol. The van der Waals surface area contributed by atoms with Crippen molar-refractivity contribution in [3.63, 3.8) is 0 Å². The lowest BCUT2D eigenvalue weighted by Crippen LogP contribution is -2.23. The summed E-state index contributed by atoms with van der Waals surface area (Å²) in [5.41, 5.74) is 31.2. The molecule has 0 radical (unpaired) electrons. The van der Waals surface area contributed by atoms with E-state index in [4.69, 9.17) is 0 Å². The van der Waals surface area contributed by atoms with Gasteiger partial charge in [-0.05, 0) is 262 Å². The van der Waals surface area contributed by atoms with Gasteiger partial charge in [0.15, 0.2) is 0 Å². The largest absolute Gasteiger partial charge is 0.310 e. The molecule has 0 N–H and O–H groups in total. The van der Waals surface area contributed by atoms with Gasteiger partial charge in [-0.25, -0.2) is 0 Å². The second-order valence-electron chi connectivity index (χ2n) is 31.3. The zero-order valence-corrected chi connectivity index (χ0v) is 59.6. The summed E-state index contributed by atoms with van der Waals surface area (Å²) in [6.07, 6.45) is 0. The van der Waals surface area contributed by atoms with Gasteiger partial charge < -0.3 is 4.90 Å². The molecule has 18 rings (SSSR count). The Hall–Kier alpha value is -11.6. The number of benzene rings is 16. The highest BCUT2D eigenvalue weighted by Gasteiger charge is 2.46. The van der Waals surface area contributed by atoms with Crippen molar-refractivity contribution in [3.8, 4) is 89.0 Å². The summed E-state index contributed by atoms with van der Waals surface area (Å²) in [5, 5.41) is 9.85.